The van der Waals surface area contributed by atoms with E-state index in [4.69, 9.17) is 10.5 Å². The summed E-state index contributed by atoms with van der Waals surface area (Å²) in [4.78, 5) is 8.25. The lowest BCUT2D eigenvalue weighted by Crippen LogP contribution is -1.95. The van der Waals surface area contributed by atoms with Gasteiger partial charge in [0.05, 0.1) is 25.2 Å². The van der Waals surface area contributed by atoms with Crippen LogP contribution in [0, 0.1) is 0 Å². The molecule has 2 N–H and O–H groups in total. The van der Waals surface area contributed by atoms with Crippen LogP contribution in [-0.2, 0) is 6.54 Å². The van der Waals surface area contributed by atoms with E-state index in [-0.39, 0.29) is 0 Å². The van der Waals surface area contributed by atoms with Crippen molar-refractivity contribution in [2.24, 2.45) is 5.73 Å². The first kappa shape index (κ1) is 8.00. The van der Waals surface area contributed by atoms with Crippen LogP contribution in [0.15, 0.2) is 18.6 Å². The Balaban J connectivity index is 2.57. The summed E-state index contributed by atoms with van der Waals surface area (Å²) in [5.41, 5.74) is 7.08. The first-order valence-corrected chi connectivity index (χ1v) is 3.91. The van der Waals surface area contributed by atoms with E-state index in [2.05, 4.69) is 9.97 Å². The van der Waals surface area contributed by atoms with E-state index in [0.29, 0.717) is 12.4 Å². The maximum atomic E-state index is 5.46. The summed E-state index contributed by atoms with van der Waals surface area (Å²) in [6.45, 7) is 0.435. The van der Waals surface area contributed by atoms with E-state index in [1.165, 1.54) is 0 Å². The molecule has 5 nitrogen and oxygen atoms in total. The second kappa shape index (κ2) is 3.02. The minimum atomic E-state index is 0.435. The molecule has 5 heteroatoms. The third kappa shape index (κ3) is 1.33. The topological polar surface area (TPSA) is 65.4 Å². The lowest BCUT2D eigenvalue weighted by Gasteiger charge is -1.97. The molecule has 0 saturated carbocycles. The summed E-state index contributed by atoms with van der Waals surface area (Å²) >= 11 is 0. The highest BCUT2D eigenvalue weighted by Crippen LogP contribution is 2.08. The maximum absolute atomic E-state index is 5.46. The molecule has 0 bridgehead atoms. The number of rotatable bonds is 2. The van der Waals surface area contributed by atoms with Crippen LogP contribution in [0.3, 0.4) is 0 Å². The number of hydrogen-bond donors (Lipinski definition) is 1. The van der Waals surface area contributed by atoms with Gasteiger partial charge in [-0.25, -0.2) is 9.97 Å². The molecule has 0 amide bonds. The number of hydrogen-bond acceptors (Lipinski definition) is 4. The standard InChI is InChI=1S/C8H10N4O/c1-13-8-5-12-4-6(2-9)11-7(12)3-10-8/h3-5H,2,9H2,1H3. The van der Waals surface area contributed by atoms with Crippen molar-refractivity contribution >= 4 is 5.65 Å². The van der Waals surface area contributed by atoms with Crippen LogP contribution in [0.1, 0.15) is 5.69 Å². The smallest absolute Gasteiger partial charge is 0.230 e. The summed E-state index contributed by atoms with van der Waals surface area (Å²) < 4.78 is 6.82. The Morgan fingerprint density at radius 1 is 1.54 bits per heavy atom. The fraction of sp³-hybridized carbons (Fsp3) is 0.250. The molecule has 0 atom stereocenters. The third-order valence-corrected chi connectivity index (χ3v) is 1.79. The highest BCUT2D eigenvalue weighted by molar-refractivity contribution is 5.38. The van der Waals surface area contributed by atoms with Gasteiger partial charge in [0.2, 0.25) is 5.88 Å². The van der Waals surface area contributed by atoms with Gasteiger partial charge in [-0.05, 0) is 0 Å². The van der Waals surface area contributed by atoms with Gasteiger partial charge in [0.25, 0.3) is 0 Å². The molecule has 0 radical (unpaired) electrons. The molecule has 0 aromatic carbocycles. The van der Waals surface area contributed by atoms with Crippen molar-refractivity contribution < 1.29 is 4.74 Å². The average Bonchev–Trinajstić information content (AvgIpc) is 2.58. The molecule has 0 aliphatic rings. The van der Waals surface area contributed by atoms with Gasteiger partial charge >= 0.3 is 0 Å². The SMILES string of the molecule is COc1cn2cc(CN)nc2cn1. The molecule has 0 aliphatic carbocycles. The second-order valence-electron chi connectivity index (χ2n) is 2.63. The Bertz CT molecular complexity index is 421. The molecule has 13 heavy (non-hydrogen) atoms. The lowest BCUT2D eigenvalue weighted by atomic mass is 10.5. The number of imidazole rings is 1. The summed E-state index contributed by atoms with van der Waals surface area (Å²) in [5.74, 6) is 0.563. The fourth-order valence-electron chi connectivity index (χ4n) is 1.14. The molecule has 0 aliphatic heterocycles. The van der Waals surface area contributed by atoms with E-state index < -0.39 is 0 Å². The van der Waals surface area contributed by atoms with Crippen molar-refractivity contribution in [2.45, 2.75) is 6.54 Å². The van der Waals surface area contributed by atoms with E-state index in [1.807, 2.05) is 10.6 Å². The number of nitrogens with two attached hydrogens (primary N) is 1. The first-order valence-electron chi connectivity index (χ1n) is 3.91. The van der Waals surface area contributed by atoms with Crippen molar-refractivity contribution in [1.82, 2.24) is 14.4 Å². The molecular weight excluding hydrogens is 168 g/mol. The number of nitrogens with zero attached hydrogens (tertiary/aromatic N) is 3. The molecule has 0 fully saturated rings. The van der Waals surface area contributed by atoms with Gasteiger partial charge in [0, 0.05) is 12.7 Å². The van der Waals surface area contributed by atoms with Crippen molar-refractivity contribution in [2.75, 3.05) is 7.11 Å². The molecule has 68 valence electrons. The van der Waals surface area contributed by atoms with Gasteiger partial charge in [-0.2, -0.15) is 0 Å². The average molecular weight is 178 g/mol. The van der Waals surface area contributed by atoms with Crippen molar-refractivity contribution in [3.8, 4) is 5.88 Å². The van der Waals surface area contributed by atoms with Crippen molar-refractivity contribution in [3.63, 3.8) is 0 Å². The van der Waals surface area contributed by atoms with Gasteiger partial charge < -0.3 is 14.9 Å². The Labute approximate surface area is 75.2 Å². The van der Waals surface area contributed by atoms with E-state index >= 15 is 0 Å². The zero-order valence-corrected chi connectivity index (χ0v) is 7.27. The monoisotopic (exact) mass is 178 g/mol. The molecular formula is C8H10N4O. The lowest BCUT2D eigenvalue weighted by molar-refractivity contribution is 0.395. The Hall–Kier alpha value is -1.62. The zero-order chi connectivity index (χ0) is 9.26. The predicted molar refractivity (Wildman–Crippen MR) is 47.4 cm³/mol. The quantitative estimate of drug-likeness (QED) is 0.713. The fourth-order valence-corrected chi connectivity index (χ4v) is 1.14. The van der Waals surface area contributed by atoms with Gasteiger partial charge in [-0.15, -0.1) is 0 Å². The van der Waals surface area contributed by atoms with Crippen LogP contribution < -0.4 is 10.5 Å². The van der Waals surface area contributed by atoms with E-state index in [9.17, 15) is 0 Å². The molecule has 2 aromatic rings. The largest absolute Gasteiger partial charge is 0.480 e. The summed E-state index contributed by atoms with van der Waals surface area (Å²) in [5, 5.41) is 0. The third-order valence-electron chi connectivity index (χ3n) is 1.79. The van der Waals surface area contributed by atoms with Crippen LogP contribution in [-0.4, -0.2) is 21.5 Å². The minimum Gasteiger partial charge on any atom is -0.480 e. The highest BCUT2D eigenvalue weighted by Gasteiger charge is 2.01. The second-order valence-corrected chi connectivity index (χ2v) is 2.63. The number of fused-ring (bicyclic) bond motifs is 1. The van der Waals surface area contributed by atoms with Gasteiger partial charge in [0.15, 0.2) is 5.65 Å². The first-order chi connectivity index (χ1) is 6.33. The zero-order valence-electron chi connectivity index (χ0n) is 7.27. The number of aromatic nitrogens is 3. The van der Waals surface area contributed by atoms with E-state index in [1.54, 1.807) is 19.5 Å². The molecule has 2 aromatic heterocycles. The normalized spacial score (nSPS) is 10.6. The van der Waals surface area contributed by atoms with Gasteiger partial charge in [0.1, 0.15) is 0 Å². The Morgan fingerprint density at radius 2 is 2.38 bits per heavy atom. The van der Waals surface area contributed by atoms with Crippen LogP contribution in [0.5, 0.6) is 5.88 Å². The Kier molecular flexibility index (Phi) is 1.86. The van der Waals surface area contributed by atoms with Gasteiger partial charge in [-0.1, -0.05) is 0 Å². The molecule has 2 rings (SSSR count). The summed E-state index contributed by atoms with van der Waals surface area (Å²) in [7, 11) is 1.58. The number of methoxy groups -OCH3 is 1. The Morgan fingerprint density at radius 3 is 3.08 bits per heavy atom. The van der Waals surface area contributed by atoms with Crippen molar-refractivity contribution in [1.29, 1.82) is 0 Å². The molecule has 0 unspecified atom stereocenters. The summed E-state index contributed by atoms with van der Waals surface area (Å²) in [6.07, 6.45) is 5.28. The molecule has 2 heterocycles. The number of ether oxygens (including phenoxy) is 1. The summed E-state index contributed by atoms with van der Waals surface area (Å²) in [6, 6.07) is 0. The maximum Gasteiger partial charge on any atom is 0.230 e. The van der Waals surface area contributed by atoms with Gasteiger partial charge in [-0.3, -0.25) is 0 Å². The van der Waals surface area contributed by atoms with Crippen LogP contribution in [0.25, 0.3) is 5.65 Å². The highest BCUT2D eigenvalue weighted by atomic mass is 16.5. The predicted octanol–water partition coefficient (Wildman–Crippen LogP) is 0.197. The molecule has 0 spiro atoms. The van der Waals surface area contributed by atoms with Crippen LogP contribution in [0.4, 0.5) is 0 Å². The minimum absolute atomic E-state index is 0.435. The van der Waals surface area contributed by atoms with Crippen LogP contribution in [0.2, 0.25) is 0 Å². The van der Waals surface area contributed by atoms with E-state index in [0.717, 1.165) is 11.3 Å². The molecule has 0 saturated heterocycles. The van der Waals surface area contributed by atoms with Crippen molar-refractivity contribution in [3.05, 3.63) is 24.3 Å². The van der Waals surface area contributed by atoms with Crippen LogP contribution >= 0.6 is 0 Å².